The van der Waals surface area contributed by atoms with E-state index in [1.54, 1.807) is 32.4 Å². The average Bonchev–Trinajstić information content (AvgIpc) is 3.50. The first-order valence-electron chi connectivity index (χ1n) is 11.3. The van der Waals surface area contributed by atoms with Crippen molar-refractivity contribution >= 4 is 17.9 Å². The van der Waals surface area contributed by atoms with Crippen molar-refractivity contribution < 1.29 is 18.9 Å². The maximum absolute atomic E-state index is 13.0. The molecule has 3 N–H and O–H groups in total. The number of hydrogen-bond acceptors (Lipinski definition) is 11. The van der Waals surface area contributed by atoms with E-state index in [9.17, 15) is 4.79 Å². The van der Waals surface area contributed by atoms with Crippen LogP contribution in [-0.4, -0.2) is 69.6 Å². The molecule has 13 heteroatoms. The van der Waals surface area contributed by atoms with Gasteiger partial charge < -0.3 is 15.2 Å². The lowest BCUT2D eigenvalue weighted by molar-refractivity contribution is 0.0947. The van der Waals surface area contributed by atoms with Crippen LogP contribution in [0.5, 0.6) is 11.5 Å². The maximum atomic E-state index is 13.0. The number of amides is 1. The van der Waals surface area contributed by atoms with E-state index in [4.69, 9.17) is 19.8 Å². The summed E-state index contributed by atoms with van der Waals surface area (Å²) in [5, 5.41) is 19.7. The molecule has 13 nitrogen and oxygen atoms in total. The van der Waals surface area contributed by atoms with Crippen LogP contribution in [0.4, 0.5) is 5.82 Å². The van der Waals surface area contributed by atoms with Gasteiger partial charge in [0.2, 0.25) is 11.6 Å². The predicted octanol–water partition coefficient (Wildman–Crippen LogP) is 1.78. The lowest BCUT2D eigenvalue weighted by atomic mass is 9.94. The highest BCUT2D eigenvalue weighted by molar-refractivity contribution is 5.94. The summed E-state index contributed by atoms with van der Waals surface area (Å²) in [6.07, 6.45) is 7.29. The number of nitrogens with zero attached hydrogens (tertiary/aromatic N) is 7. The summed E-state index contributed by atoms with van der Waals surface area (Å²) in [6, 6.07) is 5.67. The Hall–Kier alpha value is -4.00. The van der Waals surface area contributed by atoms with Gasteiger partial charge in [0.15, 0.2) is 5.69 Å². The summed E-state index contributed by atoms with van der Waals surface area (Å²) in [4.78, 5) is 15.2. The molecule has 0 radical (unpaired) electrons. The van der Waals surface area contributed by atoms with E-state index < -0.39 is 5.91 Å². The Balaban J connectivity index is 1.56. The predicted molar refractivity (Wildman–Crippen MR) is 127 cm³/mol. The molecule has 1 aliphatic rings. The van der Waals surface area contributed by atoms with Crippen LogP contribution in [0.15, 0.2) is 27.9 Å². The second-order valence-electron chi connectivity index (χ2n) is 8.28. The first-order chi connectivity index (χ1) is 17.0. The normalized spacial score (nSPS) is 14.5. The van der Waals surface area contributed by atoms with Crippen LogP contribution in [-0.2, 0) is 6.54 Å². The monoisotopic (exact) mass is 483 g/mol. The zero-order chi connectivity index (χ0) is 24.8. The minimum atomic E-state index is -0.526. The molecule has 1 aliphatic carbocycles. The number of benzene rings is 1. The number of ether oxygens (including phenoxy) is 2. The van der Waals surface area contributed by atoms with Crippen molar-refractivity contribution in [1.82, 2.24) is 35.6 Å². The Labute approximate surface area is 202 Å². The molecule has 1 saturated carbocycles. The van der Waals surface area contributed by atoms with E-state index in [0.29, 0.717) is 35.3 Å². The molecule has 0 unspecified atom stereocenters. The largest absolute Gasteiger partial charge is 0.497 e. The van der Waals surface area contributed by atoms with Crippen LogP contribution in [0.3, 0.4) is 0 Å². The number of nitrogen functional groups attached to an aromatic ring is 1. The number of methoxy groups -OCH3 is 2. The summed E-state index contributed by atoms with van der Waals surface area (Å²) >= 11 is 0. The maximum Gasteiger partial charge on any atom is 0.293 e. The van der Waals surface area contributed by atoms with Crippen molar-refractivity contribution in [2.45, 2.75) is 44.7 Å². The molecular weight excluding hydrogens is 454 g/mol. The smallest absolute Gasteiger partial charge is 0.293 e. The molecule has 0 atom stereocenters. The van der Waals surface area contributed by atoms with Gasteiger partial charge in [-0.05, 0) is 42.3 Å². The highest BCUT2D eigenvalue weighted by Crippen LogP contribution is 2.25. The fraction of sp³-hybridized carbons (Fsp3) is 0.455. The minimum Gasteiger partial charge on any atom is -0.497 e. The fourth-order valence-corrected chi connectivity index (χ4v) is 4.15. The molecule has 4 rings (SSSR count). The van der Waals surface area contributed by atoms with Gasteiger partial charge in [0.1, 0.15) is 11.5 Å². The molecule has 2 aromatic heterocycles. The van der Waals surface area contributed by atoms with Crippen LogP contribution in [0.1, 0.15) is 53.8 Å². The first-order valence-corrected chi connectivity index (χ1v) is 11.3. The van der Waals surface area contributed by atoms with Crippen molar-refractivity contribution in [2.75, 3.05) is 27.0 Å². The average molecular weight is 484 g/mol. The number of hydrazone groups is 1. The van der Waals surface area contributed by atoms with Crippen molar-refractivity contribution in [2.24, 2.45) is 5.10 Å². The van der Waals surface area contributed by atoms with Crippen LogP contribution < -0.4 is 20.6 Å². The third-order valence-electron chi connectivity index (χ3n) is 6.08. The summed E-state index contributed by atoms with van der Waals surface area (Å²) < 4.78 is 16.7. The summed E-state index contributed by atoms with van der Waals surface area (Å²) in [5.41, 5.74) is 9.67. The molecule has 1 aromatic carbocycles. The third-order valence-corrected chi connectivity index (χ3v) is 6.08. The van der Waals surface area contributed by atoms with Gasteiger partial charge in [-0.1, -0.05) is 24.5 Å². The van der Waals surface area contributed by atoms with Gasteiger partial charge in [-0.2, -0.15) is 9.78 Å². The van der Waals surface area contributed by atoms with Crippen LogP contribution in [0.2, 0.25) is 0 Å². The van der Waals surface area contributed by atoms with Crippen molar-refractivity contribution in [3.63, 3.8) is 0 Å². The Morgan fingerprint density at radius 3 is 2.77 bits per heavy atom. The van der Waals surface area contributed by atoms with Gasteiger partial charge in [-0.15, -0.1) is 5.10 Å². The zero-order valence-electron chi connectivity index (χ0n) is 20.0. The van der Waals surface area contributed by atoms with Crippen LogP contribution in [0, 0.1) is 0 Å². The molecule has 1 fully saturated rings. The second kappa shape index (κ2) is 11.0. The SMILES string of the molecule is COc1ccc(/C=N/NC(=O)c2nnn(-c3nonc3N)c2CN(C)C2CCCCC2)c(OC)c1. The van der Waals surface area contributed by atoms with E-state index in [0.717, 1.165) is 12.8 Å². The van der Waals surface area contributed by atoms with E-state index in [1.165, 1.54) is 30.2 Å². The summed E-state index contributed by atoms with van der Waals surface area (Å²) in [5.74, 6) is 0.898. The Bertz CT molecular complexity index is 1180. The number of hydrogen-bond donors (Lipinski definition) is 2. The minimum absolute atomic E-state index is 0.0491. The molecule has 186 valence electrons. The van der Waals surface area contributed by atoms with Crippen molar-refractivity contribution in [1.29, 1.82) is 0 Å². The number of anilines is 1. The molecule has 0 bridgehead atoms. The van der Waals surface area contributed by atoms with Gasteiger partial charge in [-0.3, -0.25) is 9.69 Å². The highest BCUT2D eigenvalue weighted by Gasteiger charge is 2.27. The quantitative estimate of drug-likeness (QED) is 0.339. The number of aromatic nitrogens is 5. The summed E-state index contributed by atoms with van der Waals surface area (Å²) in [7, 11) is 5.14. The Kier molecular flexibility index (Phi) is 7.55. The number of nitrogens with two attached hydrogens (primary N) is 1. The first kappa shape index (κ1) is 24.1. The molecular formula is C22H29N9O4. The Morgan fingerprint density at radius 1 is 1.29 bits per heavy atom. The van der Waals surface area contributed by atoms with Gasteiger partial charge in [0.25, 0.3) is 5.91 Å². The number of rotatable bonds is 9. The molecule has 1 amide bonds. The van der Waals surface area contributed by atoms with Crippen LogP contribution in [0.25, 0.3) is 5.82 Å². The Morgan fingerprint density at radius 2 is 2.09 bits per heavy atom. The lowest BCUT2D eigenvalue weighted by Crippen LogP contribution is -2.34. The number of nitrogens with one attached hydrogen (secondary N) is 1. The van der Waals surface area contributed by atoms with E-state index >= 15 is 0 Å². The molecule has 3 aromatic rings. The van der Waals surface area contributed by atoms with Gasteiger partial charge in [0, 0.05) is 24.2 Å². The summed E-state index contributed by atoms with van der Waals surface area (Å²) in [6.45, 7) is 0.405. The highest BCUT2D eigenvalue weighted by atomic mass is 16.6. The number of carbonyl (C=O) groups is 1. The standard InChI is InChI=1S/C22H29N9O4/c1-30(15-7-5-4-6-8-15)13-17-19(25-29-31(17)21-20(23)27-35-28-21)22(32)26-24-12-14-9-10-16(33-2)11-18(14)34-3/h9-12,15H,4-8,13H2,1-3H3,(H2,23,27)(H,26,32)/b24-12+. The molecule has 0 saturated heterocycles. The van der Waals surface area contributed by atoms with E-state index in [-0.39, 0.29) is 17.3 Å². The molecule has 35 heavy (non-hydrogen) atoms. The lowest BCUT2D eigenvalue weighted by Gasteiger charge is -2.31. The molecule has 0 spiro atoms. The van der Waals surface area contributed by atoms with Gasteiger partial charge in [-0.25, -0.2) is 10.1 Å². The van der Waals surface area contributed by atoms with Crippen LogP contribution >= 0.6 is 0 Å². The fourth-order valence-electron chi connectivity index (χ4n) is 4.15. The van der Waals surface area contributed by atoms with Gasteiger partial charge in [0.05, 0.1) is 26.1 Å². The topological polar surface area (TPSA) is 159 Å². The van der Waals surface area contributed by atoms with Gasteiger partial charge >= 0.3 is 0 Å². The molecule has 0 aliphatic heterocycles. The zero-order valence-corrected chi connectivity index (χ0v) is 20.0. The molecule has 2 heterocycles. The number of carbonyl (C=O) groups excluding carboxylic acids is 1. The van der Waals surface area contributed by atoms with E-state index in [1.807, 2.05) is 7.05 Å². The van der Waals surface area contributed by atoms with E-state index in [2.05, 4.69) is 36.1 Å². The van der Waals surface area contributed by atoms with Crippen molar-refractivity contribution in [3.8, 4) is 17.3 Å². The third kappa shape index (κ3) is 5.40. The second-order valence-corrected chi connectivity index (χ2v) is 8.28. The van der Waals surface area contributed by atoms with Crippen molar-refractivity contribution in [3.05, 3.63) is 35.2 Å².